The zero-order chi connectivity index (χ0) is 20.7. The maximum Gasteiger partial charge on any atom is 0.196 e. The van der Waals surface area contributed by atoms with Crippen LogP contribution in [-0.4, -0.2) is 31.2 Å². The molecule has 1 heterocycles. The van der Waals surface area contributed by atoms with E-state index in [4.69, 9.17) is 14.0 Å². The molecule has 1 aromatic heterocycles. The molecular weight excluding hydrogens is 387 g/mol. The topological polar surface area (TPSA) is 73.6 Å². The highest BCUT2D eigenvalue weighted by atomic mass is 19.1. The zero-order valence-corrected chi connectivity index (χ0v) is 16.1. The SMILES string of the molecule is COCCNc1cc(Oc2ccc(F)cc2)c2noc3c2c1C(=O)c1ccccc1-3. The second-order valence-corrected chi connectivity index (χ2v) is 6.88. The predicted octanol–water partition coefficient (Wildman–Crippen LogP) is 5.03. The van der Waals surface area contributed by atoms with Gasteiger partial charge in [-0.05, 0) is 24.3 Å². The van der Waals surface area contributed by atoms with Crippen molar-refractivity contribution < 1.29 is 23.2 Å². The van der Waals surface area contributed by atoms with Crippen molar-refractivity contribution in [3.63, 3.8) is 0 Å². The lowest BCUT2D eigenvalue weighted by molar-refractivity contribution is 0.104. The van der Waals surface area contributed by atoms with Crippen LogP contribution < -0.4 is 10.1 Å². The van der Waals surface area contributed by atoms with Crippen LogP contribution >= 0.6 is 0 Å². The number of ether oxygens (including phenoxy) is 2. The molecule has 0 fully saturated rings. The van der Waals surface area contributed by atoms with Crippen LogP contribution in [0, 0.1) is 5.82 Å². The monoisotopic (exact) mass is 404 g/mol. The highest BCUT2D eigenvalue weighted by molar-refractivity contribution is 6.28. The number of fused-ring (bicyclic) bond motifs is 2. The maximum atomic E-state index is 13.3. The van der Waals surface area contributed by atoms with E-state index < -0.39 is 0 Å². The van der Waals surface area contributed by atoms with Gasteiger partial charge in [0.1, 0.15) is 11.6 Å². The van der Waals surface area contributed by atoms with Crippen molar-refractivity contribution in [1.29, 1.82) is 0 Å². The van der Waals surface area contributed by atoms with Gasteiger partial charge in [0.15, 0.2) is 22.8 Å². The molecule has 4 aromatic rings. The Morgan fingerprint density at radius 1 is 1.10 bits per heavy atom. The fourth-order valence-corrected chi connectivity index (χ4v) is 3.66. The molecule has 3 aromatic carbocycles. The van der Waals surface area contributed by atoms with Crippen molar-refractivity contribution in [2.24, 2.45) is 0 Å². The molecule has 0 aliphatic heterocycles. The maximum absolute atomic E-state index is 13.3. The summed E-state index contributed by atoms with van der Waals surface area (Å²) in [4.78, 5) is 13.3. The number of rotatable bonds is 6. The first-order chi connectivity index (χ1) is 14.7. The Morgan fingerprint density at radius 2 is 1.87 bits per heavy atom. The standard InChI is InChI=1S/C23H17FN2O4/c1-28-11-10-25-17-12-18(29-14-8-6-13(24)7-9-14)21-20-19(17)22(27)15-4-2-3-5-16(15)23(20)30-26-21/h2-9,12,25H,10-11H2,1H3. The average Bonchev–Trinajstić information content (AvgIpc) is 3.20. The molecule has 1 aliphatic carbocycles. The Labute approximate surface area is 171 Å². The van der Waals surface area contributed by atoms with E-state index >= 15 is 0 Å². The van der Waals surface area contributed by atoms with E-state index in [-0.39, 0.29) is 11.6 Å². The van der Waals surface area contributed by atoms with Crippen LogP contribution in [0.25, 0.3) is 22.2 Å². The number of hydrogen-bond acceptors (Lipinski definition) is 6. The summed E-state index contributed by atoms with van der Waals surface area (Å²) >= 11 is 0. The fraction of sp³-hybridized carbons (Fsp3) is 0.130. The number of anilines is 1. The smallest absolute Gasteiger partial charge is 0.196 e. The quantitative estimate of drug-likeness (QED) is 0.400. The Bertz CT molecular complexity index is 1260. The first-order valence-electron chi connectivity index (χ1n) is 9.44. The molecule has 0 bridgehead atoms. The number of ketones is 1. The Hall–Kier alpha value is -3.71. The molecule has 30 heavy (non-hydrogen) atoms. The van der Waals surface area contributed by atoms with Crippen LogP contribution in [0.3, 0.4) is 0 Å². The second kappa shape index (κ2) is 7.27. The van der Waals surface area contributed by atoms with Crippen LogP contribution in [0.1, 0.15) is 15.9 Å². The van der Waals surface area contributed by atoms with Gasteiger partial charge >= 0.3 is 0 Å². The second-order valence-electron chi connectivity index (χ2n) is 6.88. The number of carbonyl (C=O) groups is 1. The molecule has 1 N–H and O–H groups in total. The Balaban J connectivity index is 1.71. The van der Waals surface area contributed by atoms with Crippen molar-refractivity contribution >= 4 is 22.4 Å². The van der Waals surface area contributed by atoms with Crippen LogP contribution in [0.4, 0.5) is 10.1 Å². The highest BCUT2D eigenvalue weighted by Gasteiger charge is 2.33. The molecule has 1 aliphatic rings. The lowest BCUT2D eigenvalue weighted by atomic mass is 9.86. The molecule has 150 valence electrons. The molecule has 6 nitrogen and oxygen atoms in total. The minimum atomic E-state index is -0.356. The van der Waals surface area contributed by atoms with Crippen molar-refractivity contribution in [2.45, 2.75) is 0 Å². The van der Waals surface area contributed by atoms with Crippen molar-refractivity contribution in [3.8, 4) is 22.8 Å². The van der Waals surface area contributed by atoms with Gasteiger partial charge in [0.05, 0.1) is 23.2 Å². The number of halogens is 1. The van der Waals surface area contributed by atoms with Gasteiger partial charge in [-0.25, -0.2) is 4.39 Å². The van der Waals surface area contributed by atoms with Gasteiger partial charge in [-0.1, -0.05) is 29.4 Å². The number of benzene rings is 3. The van der Waals surface area contributed by atoms with E-state index in [9.17, 15) is 9.18 Å². The fourth-order valence-electron chi connectivity index (χ4n) is 3.66. The van der Waals surface area contributed by atoms with E-state index in [1.165, 1.54) is 24.3 Å². The van der Waals surface area contributed by atoms with E-state index in [1.54, 1.807) is 19.2 Å². The van der Waals surface area contributed by atoms with Crippen LogP contribution in [-0.2, 0) is 4.74 Å². The Kier molecular flexibility index (Phi) is 4.44. The molecule has 7 heteroatoms. The number of methoxy groups -OCH3 is 1. The number of nitrogens with zero attached hydrogens (tertiary/aromatic N) is 1. The van der Waals surface area contributed by atoms with Crippen molar-refractivity contribution in [2.75, 3.05) is 25.6 Å². The molecule has 0 saturated heterocycles. The van der Waals surface area contributed by atoms with Crippen molar-refractivity contribution in [3.05, 3.63) is 71.5 Å². The van der Waals surface area contributed by atoms with Crippen LogP contribution in [0.15, 0.2) is 59.1 Å². The zero-order valence-electron chi connectivity index (χ0n) is 16.1. The summed E-state index contributed by atoms with van der Waals surface area (Å²) in [5.41, 5.74) is 2.77. The van der Waals surface area contributed by atoms with Gasteiger partial charge in [0.25, 0.3) is 0 Å². The van der Waals surface area contributed by atoms with Gasteiger partial charge in [0.2, 0.25) is 0 Å². The molecule has 0 saturated carbocycles. The lowest BCUT2D eigenvalue weighted by Gasteiger charge is -2.19. The van der Waals surface area contributed by atoms with Gasteiger partial charge in [-0.2, -0.15) is 0 Å². The third-order valence-corrected chi connectivity index (χ3v) is 5.03. The average molecular weight is 404 g/mol. The summed E-state index contributed by atoms with van der Waals surface area (Å²) in [5, 5.41) is 8.04. The molecule has 0 unspecified atom stereocenters. The number of nitrogens with one attached hydrogen (secondary N) is 1. The largest absolute Gasteiger partial charge is 0.455 e. The number of hydrogen-bond donors (Lipinski definition) is 1. The first kappa shape index (κ1) is 18.3. The molecule has 0 amide bonds. The van der Waals surface area contributed by atoms with Gasteiger partial charge in [0, 0.05) is 30.8 Å². The summed E-state index contributed by atoms with van der Waals surface area (Å²) in [7, 11) is 1.61. The summed E-state index contributed by atoms with van der Waals surface area (Å²) in [6, 6.07) is 14.7. The van der Waals surface area contributed by atoms with Crippen molar-refractivity contribution in [1.82, 2.24) is 5.16 Å². The van der Waals surface area contributed by atoms with E-state index in [2.05, 4.69) is 10.5 Å². The van der Waals surface area contributed by atoms with E-state index in [0.717, 1.165) is 0 Å². The predicted molar refractivity (Wildman–Crippen MR) is 110 cm³/mol. The van der Waals surface area contributed by atoms with E-state index in [1.807, 2.05) is 18.2 Å². The first-order valence-corrected chi connectivity index (χ1v) is 9.44. The molecule has 5 rings (SSSR count). The van der Waals surface area contributed by atoms with Gasteiger partial charge < -0.3 is 19.3 Å². The third-order valence-electron chi connectivity index (χ3n) is 5.03. The summed E-state index contributed by atoms with van der Waals surface area (Å²) in [5.74, 6) is 0.906. The Morgan fingerprint density at radius 3 is 2.63 bits per heavy atom. The van der Waals surface area contributed by atoms with Gasteiger partial charge in [-0.15, -0.1) is 0 Å². The lowest BCUT2D eigenvalue weighted by Crippen LogP contribution is -2.15. The van der Waals surface area contributed by atoms with E-state index in [0.29, 0.717) is 63.7 Å². The molecular formula is C23H17FN2O4. The summed E-state index contributed by atoms with van der Waals surface area (Å²) in [6.07, 6.45) is 0. The molecule has 0 atom stereocenters. The van der Waals surface area contributed by atoms with Crippen LogP contribution in [0.2, 0.25) is 0 Å². The minimum absolute atomic E-state index is 0.112. The summed E-state index contributed by atoms with van der Waals surface area (Å²) in [6.45, 7) is 0.966. The summed E-state index contributed by atoms with van der Waals surface area (Å²) < 4.78 is 30.0. The molecule has 0 spiro atoms. The highest BCUT2D eigenvalue weighted by Crippen LogP contribution is 2.46. The number of aromatic nitrogens is 1. The third kappa shape index (κ3) is 2.91. The normalized spacial score (nSPS) is 12.1. The van der Waals surface area contributed by atoms with Crippen LogP contribution in [0.5, 0.6) is 11.5 Å². The number of carbonyl (C=O) groups excluding carboxylic acids is 1. The van der Waals surface area contributed by atoms with Gasteiger partial charge in [-0.3, -0.25) is 4.79 Å². The minimum Gasteiger partial charge on any atom is -0.455 e. The molecule has 0 radical (unpaired) electrons.